The molecule has 11 heteroatoms. The van der Waals surface area contributed by atoms with Crippen molar-refractivity contribution in [2.45, 2.75) is 64.3 Å². The van der Waals surface area contributed by atoms with E-state index in [1.54, 1.807) is 57.3 Å². The number of benzene rings is 4. The molecule has 6 rings (SSSR count). The molecular weight excluding hydrogens is 723 g/mol. The van der Waals surface area contributed by atoms with E-state index in [4.69, 9.17) is 21.3 Å². The number of carboxylic acid groups (broad SMARTS) is 1. The van der Waals surface area contributed by atoms with Crippen LogP contribution in [0.1, 0.15) is 55.9 Å². The molecule has 0 aliphatic carbocycles. The molecule has 1 aliphatic heterocycles. The van der Waals surface area contributed by atoms with Crippen molar-refractivity contribution in [2.24, 2.45) is 4.99 Å². The summed E-state index contributed by atoms with van der Waals surface area (Å²) in [7, 11) is 0. The van der Waals surface area contributed by atoms with E-state index in [1.807, 2.05) is 60.7 Å². The van der Waals surface area contributed by atoms with E-state index < -0.39 is 23.7 Å². The summed E-state index contributed by atoms with van der Waals surface area (Å²) in [5.41, 5.74) is 3.49. The summed E-state index contributed by atoms with van der Waals surface area (Å²) in [6.45, 7) is 6.78. The smallest absolute Gasteiger partial charge is 0.625 e. The third-order valence-electron chi connectivity index (χ3n) is 8.74. The van der Waals surface area contributed by atoms with Gasteiger partial charge in [-0.3, -0.25) is 14.5 Å². The standard InChI is InChI=1S/C41H41ClN4O5.Ni/c1-41(2,3)51-40(50)46-26-29(31-21-20-30(42)24-36(31)46)23-34(39(48)49)43-37(28-15-8-5-9-16-28)32-17-10-11-18-33(32)44-38(47)35-19-12-22-45(35)25-27-13-6-4-7-14-27;/h4-11,13-18,20-21,24,26,34-35H,12,19,22-23,25H2,1-3H3,(H2,43,44,47,48,49);/q;+2/p-1/t34-,35?;/m0./s1. The number of carboxylic acids is 1. The van der Waals surface area contributed by atoms with E-state index in [0.29, 0.717) is 57.0 Å². The molecule has 1 unspecified atom stereocenters. The summed E-state index contributed by atoms with van der Waals surface area (Å²) in [6, 6.07) is 30.0. The van der Waals surface area contributed by atoms with Crippen LogP contribution in [0.2, 0.25) is 5.02 Å². The Balaban J connectivity index is 0.00000523. The minimum absolute atomic E-state index is 0. The molecule has 1 fully saturated rings. The van der Waals surface area contributed by atoms with E-state index in [-0.39, 0.29) is 34.9 Å². The maximum Gasteiger partial charge on any atom is 2.00 e. The van der Waals surface area contributed by atoms with Gasteiger partial charge in [-0.05, 0) is 69.0 Å². The summed E-state index contributed by atoms with van der Waals surface area (Å²) in [4.78, 5) is 47.0. The summed E-state index contributed by atoms with van der Waals surface area (Å²) in [5.74, 6) is -1.39. The van der Waals surface area contributed by atoms with Crippen LogP contribution >= 0.6 is 11.6 Å². The van der Waals surface area contributed by atoms with E-state index in [2.05, 4.69) is 22.3 Å². The van der Waals surface area contributed by atoms with Crippen molar-refractivity contribution in [1.82, 2.24) is 9.47 Å². The van der Waals surface area contributed by atoms with Crippen molar-refractivity contribution in [2.75, 3.05) is 6.54 Å². The molecule has 2 heterocycles. The average Bonchev–Trinajstić information content (AvgIpc) is 3.71. The van der Waals surface area contributed by atoms with Crippen LogP contribution in [0.15, 0.2) is 114 Å². The number of amides is 1. The van der Waals surface area contributed by atoms with Gasteiger partial charge in [0.1, 0.15) is 5.60 Å². The van der Waals surface area contributed by atoms with Crippen LogP contribution in [-0.4, -0.2) is 62.5 Å². The summed E-state index contributed by atoms with van der Waals surface area (Å²) in [6.07, 6.45) is 2.56. The molecule has 1 amide bonds. The molecule has 0 radical (unpaired) electrons. The number of carbonyl (C=O) groups excluding carboxylic acids is 2. The SMILES string of the molecule is CC(C)(C)OC(=O)n1cc(C[C@H](N=C(c2ccccc2)c2ccccc2[N-]C(=O)C2CCCN2Cc2ccccc2)C(=O)O)c2ccc(Cl)cc21.[Ni+2]. The van der Waals surface area contributed by atoms with Gasteiger partial charge in [0.25, 0.3) is 0 Å². The van der Waals surface area contributed by atoms with Gasteiger partial charge in [0.15, 0.2) is 6.04 Å². The van der Waals surface area contributed by atoms with Gasteiger partial charge in [0, 0.05) is 35.1 Å². The second kappa shape index (κ2) is 16.7. The molecule has 1 aliphatic rings. The van der Waals surface area contributed by atoms with Crippen LogP contribution in [0.25, 0.3) is 16.2 Å². The predicted octanol–water partition coefficient (Wildman–Crippen LogP) is 8.81. The van der Waals surface area contributed by atoms with Gasteiger partial charge in [0.05, 0.1) is 23.2 Å². The molecular formula is C41H40ClN4NiO5+. The van der Waals surface area contributed by atoms with Crippen LogP contribution in [0, 0.1) is 0 Å². The summed E-state index contributed by atoms with van der Waals surface area (Å²) < 4.78 is 6.99. The molecule has 1 aromatic heterocycles. The fourth-order valence-electron chi connectivity index (χ4n) is 6.42. The quantitative estimate of drug-likeness (QED) is 0.112. The molecule has 2 atom stereocenters. The van der Waals surface area contributed by atoms with Crippen LogP contribution in [0.5, 0.6) is 0 Å². The van der Waals surface area contributed by atoms with Gasteiger partial charge in [-0.25, -0.2) is 9.59 Å². The Kier molecular flexibility index (Phi) is 12.4. The third kappa shape index (κ3) is 9.18. The van der Waals surface area contributed by atoms with Crippen LogP contribution in [0.3, 0.4) is 0 Å². The molecule has 270 valence electrons. The number of likely N-dealkylation sites (tertiary alicyclic amines) is 1. The molecule has 1 N–H and O–H groups in total. The largest absolute Gasteiger partial charge is 2.00 e. The Labute approximate surface area is 318 Å². The fraction of sp³-hybridized carbons (Fsp3) is 0.268. The molecule has 0 spiro atoms. The van der Waals surface area contributed by atoms with E-state index >= 15 is 0 Å². The number of halogens is 1. The Morgan fingerprint density at radius 2 is 1.63 bits per heavy atom. The number of hydrogen-bond donors (Lipinski definition) is 1. The van der Waals surface area contributed by atoms with Crippen molar-refractivity contribution >= 4 is 51.9 Å². The zero-order valence-electron chi connectivity index (χ0n) is 29.1. The number of aliphatic carboxylic acids is 1. The maximum atomic E-state index is 13.8. The van der Waals surface area contributed by atoms with E-state index in [0.717, 1.165) is 18.5 Å². The molecule has 0 saturated carbocycles. The van der Waals surface area contributed by atoms with Gasteiger partial charge < -0.3 is 20.0 Å². The molecule has 4 aromatic carbocycles. The first-order chi connectivity index (χ1) is 24.5. The second-order valence-corrected chi connectivity index (χ2v) is 14.1. The monoisotopic (exact) mass is 761 g/mol. The Bertz CT molecular complexity index is 2080. The zero-order valence-corrected chi connectivity index (χ0v) is 30.9. The topological polar surface area (TPSA) is 115 Å². The number of carbonyl (C=O) groups is 3. The first kappa shape index (κ1) is 38.5. The molecule has 5 aromatic rings. The summed E-state index contributed by atoms with van der Waals surface area (Å²) >= 11 is 6.32. The number of para-hydroxylation sites is 1. The number of rotatable bonds is 10. The minimum Gasteiger partial charge on any atom is -0.625 e. The predicted molar refractivity (Wildman–Crippen MR) is 200 cm³/mol. The minimum atomic E-state index is -1.26. The van der Waals surface area contributed by atoms with Crippen molar-refractivity contribution in [3.05, 3.63) is 142 Å². The normalized spacial score (nSPS) is 15.5. The maximum absolute atomic E-state index is 13.8. The second-order valence-electron chi connectivity index (χ2n) is 13.6. The number of aromatic nitrogens is 1. The Hall–Kier alpha value is -4.76. The van der Waals surface area contributed by atoms with Gasteiger partial charge in [-0.2, -0.15) is 0 Å². The van der Waals surface area contributed by atoms with Gasteiger partial charge >= 0.3 is 28.6 Å². The van der Waals surface area contributed by atoms with Crippen molar-refractivity contribution in [3.63, 3.8) is 0 Å². The number of nitrogens with zero attached hydrogens (tertiary/aromatic N) is 4. The number of aliphatic imine (C=N–C) groups is 1. The van der Waals surface area contributed by atoms with Gasteiger partial charge in [0.2, 0.25) is 0 Å². The van der Waals surface area contributed by atoms with E-state index in [1.165, 1.54) is 4.57 Å². The molecule has 52 heavy (non-hydrogen) atoms. The van der Waals surface area contributed by atoms with Crippen molar-refractivity contribution in [1.29, 1.82) is 0 Å². The van der Waals surface area contributed by atoms with Crippen molar-refractivity contribution in [3.8, 4) is 0 Å². The first-order valence-electron chi connectivity index (χ1n) is 17.0. The fourth-order valence-corrected chi connectivity index (χ4v) is 6.59. The zero-order chi connectivity index (χ0) is 36.1. The molecule has 9 nitrogen and oxygen atoms in total. The molecule has 0 bridgehead atoms. The Morgan fingerprint density at radius 3 is 2.33 bits per heavy atom. The number of fused-ring (bicyclic) bond motifs is 1. The number of ether oxygens (including phenoxy) is 1. The van der Waals surface area contributed by atoms with Gasteiger partial charge in [-0.15, -0.1) is 5.69 Å². The first-order valence-corrected chi connectivity index (χ1v) is 17.4. The Morgan fingerprint density at radius 1 is 0.962 bits per heavy atom. The third-order valence-corrected chi connectivity index (χ3v) is 8.97. The average molecular weight is 763 g/mol. The van der Waals surface area contributed by atoms with Crippen molar-refractivity contribution < 1.29 is 40.7 Å². The summed E-state index contributed by atoms with van der Waals surface area (Å²) in [5, 5.41) is 16.3. The molecule has 1 saturated heterocycles. The van der Waals surface area contributed by atoms with Crippen LogP contribution in [0.4, 0.5) is 10.5 Å². The number of hydrogen-bond acceptors (Lipinski definition) is 6. The van der Waals surface area contributed by atoms with E-state index in [9.17, 15) is 19.5 Å². The van der Waals surface area contributed by atoms with Gasteiger partial charge in [-0.1, -0.05) is 103 Å². The van der Waals surface area contributed by atoms with Crippen LogP contribution < -0.4 is 0 Å². The van der Waals surface area contributed by atoms with Crippen LogP contribution in [-0.2, 0) is 43.8 Å².